The number of carbonyl (C=O) groups excluding carboxylic acids is 1. The van der Waals surface area contributed by atoms with Gasteiger partial charge in [0.25, 0.3) is 5.91 Å². The predicted molar refractivity (Wildman–Crippen MR) is 64.4 cm³/mol. The number of nitrogens with zero attached hydrogens (tertiary/aromatic N) is 3. The molecule has 1 fully saturated rings. The summed E-state index contributed by atoms with van der Waals surface area (Å²) in [7, 11) is 0. The lowest BCUT2D eigenvalue weighted by Gasteiger charge is -2.38. The molecule has 0 radical (unpaired) electrons. The first-order valence-electron chi connectivity index (χ1n) is 6.03. The van der Waals surface area contributed by atoms with E-state index in [0.29, 0.717) is 5.56 Å². The zero-order valence-electron chi connectivity index (χ0n) is 10.0. The van der Waals surface area contributed by atoms with Crippen LogP contribution in [-0.2, 0) is 0 Å². The Morgan fingerprint density at radius 1 is 1.53 bits per heavy atom. The molecule has 1 aliphatic heterocycles. The average molecular weight is 234 g/mol. The molecule has 0 bridgehead atoms. The van der Waals surface area contributed by atoms with E-state index >= 15 is 0 Å². The number of nitrogens with two attached hydrogens (primary N) is 1. The van der Waals surface area contributed by atoms with Gasteiger partial charge in [-0.2, -0.15) is 10.2 Å². The number of piperidine rings is 1. The summed E-state index contributed by atoms with van der Waals surface area (Å²) >= 11 is 0. The van der Waals surface area contributed by atoms with Gasteiger partial charge in [-0.25, -0.2) is 0 Å². The van der Waals surface area contributed by atoms with Crippen molar-refractivity contribution in [2.24, 2.45) is 5.73 Å². The Hall–Kier alpha value is -1.49. The Bertz CT molecular complexity index is 379. The first-order valence-corrected chi connectivity index (χ1v) is 6.03. The highest BCUT2D eigenvalue weighted by Crippen LogP contribution is 2.21. The van der Waals surface area contributed by atoms with Crippen LogP contribution in [0.15, 0.2) is 18.5 Å². The maximum atomic E-state index is 12.3. The Morgan fingerprint density at radius 3 is 3.00 bits per heavy atom. The molecule has 1 saturated heterocycles. The summed E-state index contributed by atoms with van der Waals surface area (Å²) in [6.07, 6.45) is 6.23. The van der Waals surface area contributed by atoms with Crippen molar-refractivity contribution in [1.29, 1.82) is 0 Å². The molecule has 2 atom stereocenters. The normalized spacial score (nSPS) is 22.2. The summed E-state index contributed by atoms with van der Waals surface area (Å²) in [4.78, 5) is 14.2. The fourth-order valence-electron chi connectivity index (χ4n) is 2.34. The first kappa shape index (κ1) is 12.0. The van der Waals surface area contributed by atoms with Crippen LogP contribution in [0.4, 0.5) is 0 Å². The second-order valence-electron chi connectivity index (χ2n) is 4.55. The quantitative estimate of drug-likeness (QED) is 0.822. The standard InChI is InChI=1S/C12H18N4O/c1-9(13)11-4-2-3-7-16(11)12(17)10-5-6-14-15-8-10/h5-6,8-9,11H,2-4,7,13H2,1H3. The minimum atomic E-state index is 0.00838. The maximum Gasteiger partial charge on any atom is 0.255 e. The maximum absolute atomic E-state index is 12.3. The molecule has 2 unspecified atom stereocenters. The summed E-state index contributed by atoms with van der Waals surface area (Å²) in [6.45, 7) is 2.74. The van der Waals surface area contributed by atoms with Crippen LogP contribution < -0.4 is 5.73 Å². The zero-order chi connectivity index (χ0) is 12.3. The van der Waals surface area contributed by atoms with Crippen molar-refractivity contribution in [2.75, 3.05) is 6.54 Å². The number of rotatable bonds is 2. The van der Waals surface area contributed by atoms with Crippen molar-refractivity contribution < 1.29 is 4.79 Å². The Labute approximate surface area is 101 Å². The van der Waals surface area contributed by atoms with Crippen molar-refractivity contribution in [2.45, 2.75) is 38.3 Å². The van der Waals surface area contributed by atoms with Crippen LogP contribution in [0, 0.1) is 0 Å². The van der Waals surface area contributed by atoms with E-state index in [1.165, 1.54) is 12.4 Å². The van der Waals surface area contributed by atoms with Gasteiger partial charge < -0.3 is 10.6 Å². The number of hydrogen-bond acceptors (Lipinski definition) is 4. The summed E-state index contributed by atoms with van der Waals surface area (Å²) in [5, 5.41) is 7.42. The van der Waals surface area contributed by atoms with Crippen molar-refractivity contribution in [3.8, 4) is 0 Å². The summed E-state index contributed by atoms with van der Waals surface area (Å²) in [6, 6.07) is 1.85. The molecule has 1 aromatic rings. The van der Waals surface area contributed by atoms with Crippen molar-refractivity contribution in [3.63, 3.8) is 0 Å². The van der Waals surface area contributed by atoms with E-state index in [1.807, 2.05) is 11.8 Å². The van der Waals surface area contributed by atoms with Crippen LogP contribution in [0.5, 0.6) is 0 Å². The molecule has 2 heterocycles. The monoisotopic (exact) mass is 234 g/mol. The molecule has 92 valence electrons. The fraction of sp³-hybridized carbons (Fsp3) is 0.583. The third-order valence-corrected chi connectivity index (χ3v) is 3.25. The van der Waals surface area contributed by atoms with Gasteiger partial charge in [-0.1, -0.05) is 0 Å². The molecule has 0 aromatic carbocycles. The van der Waals surface area contributed by atoms with Crippen molar-refractivity contribution >= 4 is 5.91 Å². The molecule has 5 heteroatoms. The molecule has 5 nitrogen and oxygen atoms in total. The van der Waals surface area contributed by atoms with Crippen LogP contribution >= 0.6 is 0 Å². The lowest BCUT2D eigenvalue weighted by atomic mass is 9.96. The lowest BCUT2D eigenvalue weighted by Crippen LogP contribution is -2.51. The first-order chi connectivity index (χ1) is 8.20. The molecular weight excluding hydrogens is 216 g/mol. The van der Waals surface area contributed by atoms with Gasteiger partial charge >= 0.3 is 0 Å². The van der Waals surface area contributed by atoms with Gasteiger partial charge in [-0.15, -0.1) is 0 Å². The van der Waals surface area contributed by atoms with E-state index in [1.54, 1.807) is 6.07 Å². The summed E-state index contributed by atoms with van der Waals surface area (Å²) in [5.41, 5.74) is 6.54. The third-order valence-electron chi connectivity index (χ3n) is 3.25. The van der Waals surface area contributed by atoms with Crippen LogP contribution in [0.1, 0.15) is 36.5 Å². The van der Waals surface area contributed by atoms with E-state index in [9.17, 15) is 4.79 Å². The van der Waals surface area contributed by atoms with Crippen LogP contribution in [0.2, 0.25) is 0 Å². The molecule has 0 spiro atoms. The molecule has 0 aliphatic carbocycles. The Kier molecular flexibility index (Phi) is 3.68. The molecule has 1 aromatic heterocycles. The lowest BCUT2D eigenvalue weighted by molar-refractivity contribution is 0.0583. The highest BCUT2D eigenvalue weighted by molar-refractivity contribution is 5.94. The van der Waals surface area contributed by atoms with Crippen LogP contribution in [0.25, 0.3) is 0 Å². The van der Waals surface area contributed by atoms with E-state index < -0.39 is 0 Å². The second kappa shape index (κ2) is 5.23. The average Bonchev–Trinajstić information content (AvgIpc) is 2.39. The van der Waals surface area contributed by atoms with Gasteiger partial charge in [0.2, 0.25) is 0 Å². The Balaban J connectivity index is 2.17. The van der Waals surface area contributed by atoms with Gasteiger partial charge in [0.1, 0.15) is 0 Å². The topological polar surface area (TPSA) is 72.1 Å². The van der Waals surface area contributed by atoms with Crippen LogP contribution in [-0.4, -0.2) is 39.6 Å². The largest absolute Gasteiger partial charge is 0.334 e. The molecular formula is C12H18N4O. The number of likely N-dealkylation sites (tertiary alicyclic amines) is 1. The summed E-state index contributed by atoms with van der Waals surface area (Å²) < 4.78 is 0. The zero-order valence-corrected chi connectivity index (χ0v) is 10.0. The van der Waals surface area contributed by atoms with E-state index in [0.717, 1.165) is 25.8 Å². The number of carbonyl (C=O) groups is 1. The SMILES string of the molecule is CC(N)C1CCCCN1C(=O)c1ccnnc1. The summed E-state index contributed by atoms with van der Waals surface area (Å²) in [5.74, 6) is 0.0156. The van der Waals surface area contributed by atoms with Crippen molar-refractivity contribution in [1.82, 2.24) is 15.1 Å². The van der Waals surface area contributed by atoms with Gasteiger partial charge in [-0.05, 0) is 32.3 Å². The molecule has 0 saturated carbocycles. The minimum Gasteiger partial charge on any atom is -0.334 e. The number of hydrogen-bond donors (Lipinski definition) is 1. The van der Waals surface area contributed by atoms with Gasteiger partial charge in [-0.3, -0.25) is 4.79 Å². The number of amides is 1. The van der Waals surface area contributed by atoms with E-state index in [2.05, 4.69) is 10.2 Å². The number of aromatic nitrogens is 2. The highest BCUT2D eigenvalue weighted by Gasteiger charge is 2.29. The van der Waals surface area contributed by atoms with Gasteiger partial charge in [0.05, 0.1) is 18.0 Å². The molecule has 2 rings (SSSR count). The third kappa shape index (κ3) is 2.61. The minimum absolute atomic E-state index is 0.00838. The van der Waals surface area contributed by atoms with E-state index in [-0.39, 0.29) is 18.0 Å². The molecule has 2 N–H and O–H groups in total. The van der Waals surface area contributed by atoms with Crippen molar-refractivity contribution in [3.05, 3.63) is 24.0 Å². The van der Waals surface area contributed by atoms with E-state index in [4.69, 9.17) is 5.73 Å². The second-order valence-corrected chi connectivity index (χ2v) is 4.55. The van der Waals surface area contributed by atoms with Gasteiger partial charge in [0, 0.05) is 18.6 Å². The van der Waals surface area contributed by atoms with Crippen LogP contribution in [0.3, 0.4) is 0 Å². The van der Waals surface area contributed by atoms with Gasteiger partial charge in [0.15, 0.2) is 0 Å². The molecule has 17 heavy (non-hydrogen) atoms. The fourth-order valence-corrected chi connectivity index (χ4v) is 2.34. The predicted octanol–water partition coefficient (Wildman–Crippen LogP) is 0.818. The Morgan fingerprint density at radius 2 is 2.35 bits per heavy atom. The smallest absolute Gasteiger partial charge is 0.255 e. The molecule has 1 aliphatic rings. The molecule has 1 amide bonds. The highest BCUT2D eigenvalue weighted by atomic mass is 16.2.